The molecule has 0 aliphatic rings. The van der Waals surface area contributed by atoms with Gasteiger partial charge < -0.3 is 25.2 Å². The van der Waals surface area contributed by atoms with Gasteiger partial charge in [0, 0.05) is 25.0 Å². The summed E-state index contributed by atoms with van der Waals surface area (Å²) in [6.45, 7) is -0.357. The SMILES string of the molecule is COc1ccc(Oc2ccc(CNC(=O)[C@@H](CO)NC(=O)c3cncnc3)cc2)c(Cl)c1. The minimum Gasteiger partial charge on any atom is -0.497 e. The number of amides is 2. The quantitative estimate of drug-likeness (QED) is 0.451. The molecule has 3 aromatic rings. The van der Waals surface area contributed by atoms with Crippen molar-refractivity contribution in [3.8, 4) is 17.2 Å². The molecule has 1 heterocycles. The number of halogens is 1. The Bertz CT molecular complexity index is 1060. The Labute approximate surface area is 189 Å². The summed E-state index contributed by atoms with van der Waals surface area (Å²) >= 11 is 6.18. The van der Waals surface area contributed by atoms with Crippen LogP contribution >= 0.6 is 11.6 Å². The lowest BCUT2D eigenvalue weighted by Gasteiger charge is -2.16. The average molecular weight is 457 g/mol. The van der Waals surface area contributed by atoms with E-state index in [-0.39, 0.29) is 12.1 Å². The Morgan fingerprint density at radius 3 is 2.41 bits per heavy atom. The molecule has 0 saturated heterocycles. The lowest BCUT2D eigenvalue weighted by atomic mass is 10.2. The fourth-order valence-corrected chi connectivity index (χ4v) is 2.87. The van der Waals surface area contributed by atoms with Crippen molar-refractivity contribution in [2.24, 2.45) is 0 Å². The van der Waals surface area contributed by atoms with Crippen LogP contribution in [0.3, 0.4) is 0 Å². The zero-order valence-corrected chi connectivity index (χ0v) is 17.9. The molecular formula is C22H21ClN4O5. The van der Waals surface area contributed by atoms with Crippen molar-refractivity contribution in [3.63, 3.8) is 0 Å². The van der Waals surface area contributed by atoms with Crippen LogP contribution in [-0.4, -0.2) is 46.6 Å². The number of aliphatic hydroxyl groups excluding tert-OH is 1. The van der Waals surface area contributed by atoms with Crippen LogP contribution in [0.5, 0.6) is 17.2 Å². The topological polar surface area (TPSA) is 123 Å². The predicted molar refractivity (Wildman–Crippen MR) is 117 cm³/mol. The molecule has 2 aromatic carbocycles. The smallest absolute Gasteiger partial charge is 0.255 e. The Kier molecular flexibility index (Phi) is 7.96. The summed E-state index contributed by atoms with van der Waals surface area (Å²) in [4.78, 5) is 32.0. The molecule has 2 amide bonds. The van der Waals surface area contributed by atoms with Gasteiger partial charge in [-0.1, -0.05) is 23.7 Å². The van der Waals surface area contributed by atoms with Gasteiger partial charge in [0.05, 0.1) is 24.3 Å². The van der Waals surface area contributed by atoms with Crippen LogP contribution in [0.4, 0.5) is 0 Å². The third kappa shape index (κ3) is 6.16. The molecule has 0 aliphatic heterocycles. The standard InChI is InChI=1S/C22H21ClN4O5/c1-31-17-6-7-20(18(23)8-17)32-16-4-2-14(3-5-16)9-26-22(30)19(12-28)27-21(29)15-10-24-13-25-11-15/h2-8,10-11,13,19,28H,9,12H2,1H3,(H,26,30)(H,27,29)/t19-/m1/s1. The third-order valence-corrected chi connectivity index (χ3v) is 4.68. The van der Waals surface area contributed by atoms with Gasteiger partial charge in [0.15, 0.2) is 0 Å². The summed E-state index contributed by atoms with van der Waals surface area (Å²) in [7, 11) is 1.55. The molecule has 3 N–H and O–H groups in total. The van der Waals surface area contributed by atoms with E-state index in [1.165, 1.54) is 18.7 Å². The molecule has 1 atom stereocenters. The first-order valence-electron chi connectivity index (χ1n) is 9.55. The van der Waals surface area contributed by atoms with Gasteiger partial charge in [-0.2, -0.15) is 0 Å². The highest BCUT2D eigenvalue weighted by atomic mass is 35.5. The fourth-order valence-electron chi connectivity index (χ4n) is 2.66. The first-order chi connectivity index (χ1) is 15.5. The molecular weight excluding hydrogens is 436 g/mol. The fraction of sp³-hybridized carbons (Fsp3) is 0.182. The number of hydrogen-bond donors (Lipinski definition) is 3. The minimum atomic E-state index is -1.11. The van der Waals surface area contributed by atoms with Crippen molar-refractivity contribution < 1.29 is 24.2 Å². The third-order valence-electron chi connectivity index (χ3n) is 4.38. The van der Waals surface area contributed by atoms with Gasteiger partial charge in [0.2, 0.25) is 5.91 Å². The summed E-state index contributed by atoms with van der Waals surface area (Å²) in [6.07, 6.45) is 3.92. The normalized spacial score (nSPS) is 11.3. The number of methoxy groups -OCH3 is 1. The maximum atomic E-state index is 12.3. The number of rotatable bonds is 9. The van der Waals surface area contributed by atoms with Crippen LogP contribution in [0.25, 0.3) is 0 Å². The number of aliphatic hydroxyl groups is 1. The summed E-state index contributed by atoms with van der Waals surface area (Å²) in [5, 5.41) is 15.0. The predicted octanol–water partition coefficient (Wildman–Crippen LogP) is 2.34. The Balaban J connectivity index is 1.53. The van der Waals surface area contributed by atoms with E-state index in [0.717, 1.165) is 5.56 Å². The van der Waals surface area contributed by atoms with Crippen LogP contribution in [0.15, 0.2) is 61.2 Å². The van der Waals surface area contributed by atoms with Gasteiger partial charge >= 0.3 is 0 Å². The van der Waals surface area contributed by atoms with Crippen molar-refractivity contribution in [2.75, 3.05) is 13.7 Å². The Morgan fingerprint density at radius 2 is 1.78 bits per heavy atom. The summed E-state index contributed by atoms with van der Waals surface area (Å²) in [6, 6.07) is 11.0. The van der Waals surface area contributed by atoms with Crippen molar-refractivity contribution in [3.05, 3.63) is 77.3 Å². The van der Waals surface area contributed by atoms with Gasteiger partial charge in [0.25, 0.3) is 5.91 Å². The molecule has 0 radical (unpaired) electrons. The van der Waals surface area contributed by atoms with E-state index < -0.39 is 24.5 Å². The highest BCUT2D eigenvalue weighted by molar-refractivity contribution is 6.32. The number of hydrogen-bond acceptors (Lipinski definition) is 7. The second-order valence-electron chi connectivity index (χ2n) is 6.60. The van der Waals surface area contributed by atoms with E-state index >= 15 is 0 Å². The molecule has 166 valence electrons. The molecule has 0 bridgehead atoms. The van der Waals surface area contributed by atoms with Crippen LogP contribution in [-0.2, 0) is 11.3 Å². The zero-order valence-electron chi connectivity index (χ0n) is 17.1. The Hall–Kier alpha value is -3.69. The van der Waals surface area contributed by atoms with Crippen molar-refractivity contribution >= 4 is 23.4 Å². The lowest BCUT2D eigenvalue weighted by molar-refractivity contribution is -0.124. The van der Waals surface area contributed by atoms with Crippen molar-refractivity contribution in [1.29, 1.82) is 0 Å². The summed E-state index contributed by atoms with van der Waals surface area (Å²) < 4.78 is 10.9. The van der Waals surface area contributed by atoms with Crippen LogP contribution in [0, 0.1) is 0 Å². The highest BCUT2D eigenvalue weighted by Crippen LogP contribution is 2.32. The van der Waals surface area contributed by atoms with E-state index in [4.69, 9.17) is 21.1 Å². The monoisotopic (exact) mass is 456 g/mol. The number of aromatic nitrogens is 2. The van der Waals surface area contributed by atoms with E-state index in [9.17, 15) is 14.7 Å². The second-order valence-corrected chi connectivity index (χ2v) is 7.00. The van der Waals surface area contributed by atoms with E-state index in [2.05, 4.69) is 20.6 Å². The number of nitrogens with zero attached hydrogens (tertiary/aromatic N) is 2. The largest absolute Gasteiger partial charge is 0.497 e. The zero-order chi connectivity index (χ0) is 22.9. The average Bonchev–Trinajstić information content (AvgIpc) is 2.83. The molecule has 1 aromatic heterocycles. The van der Waals surface area contributed by atoms with E-state index in [0.29, 0.717) is 22.3 Å². The minimum absolute atomic E-state index is 0.186. The number of ether oxygens (including phenoxy) is 2. The van der Waals surface area contributed by atoms with Gasteiger partial charge in [-0.05, 0) is 29.8 Å². The molecule has 32 heavy (non-hydrogen) atoms. The maximum Gasteiger partial charge on any atom is 0.255 e. The highest BCUT2D eigenvalue weighted by Gasteiger charge is 2.20. The van der Waals surface area contributed by atoms with E-state index in [1.54, 1.807) is 49.6 Å². The molecule has 0 unspecified atom stereocenters. The maximum absolute atomic E-state index is 12.3. The number of carbonyl (C=O) groups excluding carboxylic acids is 2. The number of benzene rings is 2. The molecule has 9 nitrogen and oxygen atoms in total. The van der Waals surface area contributed by atoms with Crippen LogP contribution < -0.4 is 20.1 Å². The number of carbonyl (C=O) groups is 2. The van der Waals surface area contributed by atoms with Crippen LogP contribution in [0.2, 0.25) is 5.02 Å². The van der Waals surface area contributed by atoms with Crippen molar-refractivity contribution in [2.45, 2.75) is 12.6 Å². The first-order valence-corrected chi connectivity index (χ1v) is 9.92. The van der Waals surface area contributed by atoms with Crippen LogP contribution in [0.1, 0.15) is 15.9 Å². The molecule has 0 saturated carbocycles. The molecule has 0 fully saturated rings. The lowest BCUT2D eigenvalue weighted by Crippen LogP contribution is -2.48. The van der Waals surface area contributed by atoms with Gasteiger partial charge in [-0.3, -0.25) is 9.59 Å². The van der Waals surface area contributed by atoms with Gasteiger partial charge in [0.1, 0.15) is 29.6 Å². The summed E-state index contributed by atoms with van der Waals surface area (Å²) in [5.74, 6) is 0.598. The summed E-state index contributed by atoms with van der Waals surface area (Å²) in [5.41, 5.74) is 0.984. The molecule has 0 aliphatic carbocycles. The molecule has 0 spiro atoms. The van der Waals surface area contributed by atoms with Crippen molar-refractivity contribution in [1.82, 2.24) is 20.6 Å². The van der Waals surface area contributed by atoms with Gasteiger partial charge in [-0.25, -0.2) is 9.97 Å². The van der Waals surface area contributed by atoms with E-state index in [1.807, 2.05) is 0 Å². The number of nitrogens with one attached hydrogen (secondary N) is 2. The molecule has 10 heteroatoms. The van der Waals surface area contributed by atoms with Gasteiger partial charge in [-0.15, -0.1) is 0 Å². The molecule has 3 rings (SSSR count). The first kappa shape index (κ1) is 23.0. The Morgan fingerprint density at radius 1 is 1.09 bits per heavy atom. The second kappa shape index (κ2) is 11.1.